The number of rotatable bonds is 2. The first-order chi connectivity index (χ1) is 8.77. The van der Waals surface area contributed by atoms with E-state index in [2.05, 4.69) is 41.6 Å². The second-order valence-electron chi connectivity index (χ2n) is 6.30. The molecule has 1 aromatic carbocycles. The number of benzene rings is 1. The van der Waals surface area contributed by atoms with Gasteiger partial charge in [-0.05, 0) is 36.0 Å². The van der Waals surface area contributed by atoms with Gasteiger partial charge >= 0.3 is 5.97 Å². The monoisotopic (exact) mass is 325 g/mol. The lowest BCUT2D eigenvalue weighted by molar-refractivity contribution is 0.0697. The van der Waals surface area contributed by atoms with Crippen molar-refractivity contribution < 1.29 is 9.90 Å². The lowest BCUT2D eigenvalue weighted by atomic mass is 9.80. The fourth-order valence-electron chi connectivity index (χ4n) is 2.58. The summed E-state index contributed by atoms with van der Waals surface area (Å²) in [5.41, 5.74) is 1.64. The normalized spacial score (nSPS) is 19.8. The van der Waals surface area contributed by atoms with E-state index in [9.17, 15) is 4.79 Å². The van der Waals surface area contributed by atoms with Gasteiger partial charge in [0, 0.05) is 23.2 Å². The van der Waals surface area contributed by atoms with Gasteiger partial charge in [-0.25, -0.2) is 4.79 Å². The molecule has 0 spiro atoms. The van der Waals surface area contributed by atoms with Crippen LogP contribution in [-0.2, 0) is 0 Å². The Labute approximate surface area is 122 Å². The molecule has 0 amide bonds. The average Bonchev–Trinajstić information content (AvgIpc) is 2.76. The maximum absolute atomic E-state index is 11.1. The molecule has 104 valence electrons. The molecule has 1 atom stereocenters. The molecule has 1 aliphatic heterocycles. The topological polar surface area (TPSA) is 40.5 Å². The maximum atomic E-state index is 11.1. The van der Waals surface area contributed by atoms with Crippen LogP contribution in [-0.4, -0.2) is 24.2 Å². The van der Waals surface area contributed by atoms with E-state index in [1.165, 1.54) is 6.42 Å². The van der Waals surface area contributed by atoms with Crippen LogP contribution in [0, 0.1) is 11.3 Å². The van der Waals surface area contributed by atoms with Crippen molar-refractivity contribution in [2.75, 3.05) is 18.0 Å². The van der Waals surface area contributed by atoms with Crippen molar-refractivity contribution in [1.29, 1.82) is 0 Å². The van der Waals surface area contributed by atoms with E-state index in [4.69, 9.17) is 5.11 Å². The van der Waals surface area contributed by atoms with Gasteiger partial charge in [0.25, 0.3) is 0 Å². The zero-order valence-electron chi connectivity index (χ0n) is 11.6. The lowest BCUT2D eigenvalue weighted by Crippen LogP contribution is -2.25. The number of carboxylic acid groups (broad SMARTS) is 1. The van der Waals surface area contributed by atoms with Gasteiger partial charge < -0.3 is 10.0 Å². The minimum Gasteiger partial charge on any atom is -0.478 e. The summed E-state index contributed by atoms with van der Waals surface area (Å²) in [6.45, 7) is 8.80. The van der Waals surface area contributed by atoms with Crippen molar-refractivity contribution in [3.05, 3.63) is 28.2 Å². The summed E-state index contributed by atoms with van der Waals surface area (Å²) >= 11 is 3.39. The SMILES string of the molecule is CC(C)(C)C1CCN(c2cc(Br)cc(C(=O)O)c2)C1. The van der Waals surface area contributed by atoms with Crippen LogP contribution in [0.5, 0.6) is 0 Å². The van der Waals surface area contributed by atoms with Crippen LogP contribution < -0.4 is 4.90 Å². The first kappa shape index (κ1) is 14.4. The van der Waals surface area contributed by atoms with E-state index in [-0.39, 0.29) is 0 Å². The predicted octanol–water partition coefficient (Wildman–Crippen LogP) is 4.02. The number of anilines is 1. The molecule has 0 aliphatic carbocycles. The molecule has 1 unspecified atom stereocenters. The van der Waals surface area contributed by atoms with Crippen molar-refractivity contribution in [1.82, 2.24) is 0 Å². The van der Waals surface area contributed by atoms with Crippen molar-refractivity contribution in [3.8, 4) is 0 Å². The van der Waals surface area contributed by atoms with Crippen LogP contribution in [0.2, 0.25) is 0 Å². The van der Waals surface area contributed by atoms with E-state index in [1.807, 2.05) is 6.07 Å². The smallest absolute Gasteiger partial charge is 0.335 e. The Morgan fingerprint density at radius 3 is 2.58 bits per heavy atom. The highest BCUT2D eigenvalue weighted by atomic mass is 79.9. The van der Waals surface area contributed by atoms with Crippen LogP contribution >= 0.6 is 15.9 Å². The van der Waals surface area contributed by atoms with E-state index in [1.54, 1.807) is 12.1 Å². The molecule has 0 aromatic heterocycles. The molecule has 0 saturated carbocycles. The van der Waals surface area contributed by atoms with Crippen molar-refractivity contribution in [2.45, 2.75) is 27.2 Å². The van der Waals surface area contributed by atoms with Crippen molar-refractivity contribution in [3.63, 3.8) is 0 Å². The minimum absolute atomic E-state index is 0.302. The molecular formula is C15H20BrNO2. The Balaban J connectivity index is 2.22. The van der Waals surface area contributed by atoms with Crippen molar-refractivity contribution >= 4 is 27.6 Å². The van der Waals surface area contributed by atoms with Gasteiger partial charge in [0.2, 0.25) is 0 Å². The van der Waals surface area contributed by atoms with Crippen LogP contribution in [0.1, 0.15) is 37.6 Å². The highest BCUT2D eigenvalue weighted by molar-refractivity contribution is 9.10. The van der Waals surface area contributed by atoms with E-state index >= 15 is 0 Å². The highest BCUT2D eigenvalue weighted by Gasteiger charge is 2.32. The first-order valence-corrected chi connectivity index (χ1v) is 7.35. The maximum Gasteiger partial charge on any atom is 0.335 e. The second-order valence-corrected chi connectivity index (χ2v) is 7.22. The quantitative estimate of drug-likeness (QED) is 0.892. The summed E-state index contributed by atoms with van der Waals surface area (Å²) in [5, 5.41) is 9.12. The number of aromatic carboxylic acids is 1. The van der Waals surface area contributed by atoms with Gasteiger partial charge in [-0.1, -0.05) is 36.7 Å². The lowest BCUT2D eigenvalue weighted by Gasteiger charge is -2.27. The van der Waals surface area contributed by atoms with E-state index in [0.29, 0.717) is 16.9 Å². The fraction of sp³-hybridized carbons (Fsp3) is 0.533. The van der Waals surface area contributed by atoms with Gasteiger partial charge in [0.1, 0.15) is 0 Å². The molecule has 1 saturated heterocycles. The molecule has 2 rings (SSSR count). The average molecular weight is 326 g/mol. The van der Waals surface area contributed by atoms with E-state index in [0.717, 1.165) is 23.2 Å². The zero-order chi connectivity index (χ0) is 14.2. The molecule has 1 N–H and O–H groups in total. The fourth-order valence-corrected chi connectivity index (χ4v) is 3.06. The molecule has 4 heteroatoms. The minimum atomic E-state index is -0.880. The molecule has 1 aromatic rings. The molecule has 3 nitrogen and oxygen atoms in total. The molecule has 1 fully saturated rings. The molecule has 0 radical (unpaired) electrons. The Bertz CT molecular complexity index is 493. The Morgan fingerprint density at radius 1 is 1.37 bits per heavy atom. The standard InChI is InChI=1S/C15H20BrNO2/c1-15(2,3)11-4-5-17(9-11)13-7-10(14(18)19)6-12(16)8-13/h6-8,11H,4-5,9H2,1-3H3,(H,18,19). The summed E-state index contributed by atoms with van der Waals surface area (Å²) in [7, 11) is 0. The summed E-state index contributed by atoms with van der Waals surface area (Å²) in [6, 6.07) is 5.40. The number of hydrogen-bond acceptors (Lipinski definition) is 2. The van der Waals surface area contributed by atoms with Gasteiger partial charge in [0.15, 0.2) is 0 Å². The molecule has 1 heterocycles. The van der Waals surface area contributed by atoms with Crippen molar-refractivity contribution in [2.24, 2.45) is 11.3 Å². The van der Waals surface area contributed by atoms with Gasteiger partial charge in [-0.3, -0.25) is 0 Å². The summed E-state index contributed by atoms with van der Waals surface area (Å²) in [4.78, 5) is 13.4. The van der Waals surface area contributed by atoms with Gasteiger partial charge in [-0.15, -0.1) is 0 Å². The van der Waals surface area contributed by atoms with Gasteiger partial charge in [0.05, 0.1) is 5.56 Å². The third-order valence-corrected chi connectivity index (χ3v) is 4.37. The van der Waals surface area contributed by atoms with Crippen LogP contribution in [0.3, 0.4) is 0 Å². The molecule has 0 bridgehead atoms. The number of carboxylic acids is 1. The third kappa shape index (κ3) is 3.30. The molecule has 19 heavy (non-hydrogen) atoms. The number of halogens is 1. The molecular weight excluding hydrogens is 306 g/mol. The largest absolute Gasteiger partial charge is 0.478 e. The summed E-state index contributed by atoms with van der Waals surface area (Å²) in [6.07, 6.45) is 1.17. The van der Waals surface area contributed by atoms with Crippen LogP contribution in [0.25, 0.3) is 0 Å². The van der Waals surface area contributed by atoms with E-state index < -0.39 is 5.97 Å². The number of nitrogens with zero attached hydrogens (tertiary/aromatic N) is 1. The first-order valence-electron chi connectivity index (χ1n) is 6.56. The Hall–Kier alpha value is -1.03. The Kier molecular flexibility index (Phi) is 3.90. The van der Waals surface area contributed by atoms with Crippen LogP contribution in [0.15, 0.2) is 22.7 Å². The number of carbonyl (C=O) groups is 1. The summed E-state index contributed by atoms with van der Waals surface area (Å²) < 4.78 is 0.821. The highest BCUT2D eigenvalue weighted by Crippen LogP contribution is 2.36. The third-order valence-electron chi connectivity index (χ3n) is 3.91. The van der Waals surface area contributed by atoms with Crippen LogP contribution in [0.4, 0.5) is 5.69 Å². The zero-order valence-corrected chi connectivity index (χ0v) is 13.2. The molecule has 1 aliphatic rings. The number of hydrogen-bond donors (Lipinski definition) is 1. The van der Waals surface area contributed by atoms with Gasteiger partial charge in [-0.2, -0.15) is 0 Å². The second kappa shape index (κ2) is 5.16. The summed E-state index contributed by atoms with van der Waals surface area (Å²) in [5.74, 6) is -0.228. The Morgan fingerprint density at radius 2 is 2.05 bits per heavy atom. The predicted molar refractivity (Wildman–Crippen MR) is 80.9 cm³/mol.